The van der Waals surface area contributed by atoms with Crippen molar-refractivity contribution >= 4 is 32.9 Å². The van der Waals surface area contributed by atoms with Crippen molar-refractivity contribution < 1.29 is 26.3 Å². The molecule has 2 aromatic heterocycles. The molecular formula is C26H23F3N4O3S2. The average molecular weight is 561 g/mol. The summed E-state index contributed by atoms with van der Waals surface area (Å²) in [6, 6.07) is 9.85. The molecule has 1 saturated heterocycles. The molecule has 198 valence electrons. The molecule has 1 aliphatic rings. The molecule has 12 heteroatoms. The molecule has 1 fully saturated rings. The molecule has 0 bridgehead atoms. The van der Waals surface area contributed by atoms with Crippen LogP contribution in [0.1, 0.15) is 23.8 Å². The third-order valence-corrected chi connectivity index (χ3v) is 8.82. The Morgan fingerprint density at radius 2 is 1.84 bits per heavy atom. The van der Waals surface area contributed by atoms with Gasteiger partial charge in [0.1, 0.15) is 22.3 Å². The number of thiazole rings is 1. The van der Waals surface area contributed by atoms with E-state index in [0.29, 0.717) is 41.7 Å². The monoisotopic (exact) mass is 560 g/mol. The van der Waals surface area contributed by atoms with Crippen molar-refractivity contribution in [1.82, 2.24) is 9.97 Å². The maximum Gasteiger partial charge on any atom is 0.265 e. The lowest BCUT2D eigenvalue weighted by Gasteiger charge is -2.19. The topological polar surface area (TPSA) is 93.2 Å². The molecule has 2 N–H and O–H groups in total. The molecule has 0 spiro atoms. The van der Waals surface area contributed by atoms with Crippen LogP contribution in [0.2, 0.25) is 0 Å². The first-order chi connectivity index (χ1) is 18.3. The molecule has 0 amide bonds. The molecule has 7 nitrogen and oxygen atoms in total. The second-order valence-corrected chi connectivity index (χ2v) is 11.3. The normalized spacial score (nSPS) is 14.4. The minimum absolute atomic E-state index is 0.0669. The van der Waals surface area contributed by atoms with Crippen LogP contribution in [0.3, 0.4) is 0 Å². The number of sulfonamides is 1. The summed E-state index contributed by atoms with van der Waals surface area (Å²) in [6.07, 6.45) is 3.20. The van der Waals surface area contributed by atoms with Gasteiger partial charge in [-0.3, -0.25) is 4.72 Å². The van der Waals surface area contributed by atoms with Gasteiger partial charge in [0.25, 0.3) is 10.0 Å². The minimum Gasteiger partial charge on any atom is -0.381 e. The Bertz CT molecular complexity index is 1590. The average Bonchev–Trinajstić information content (AvgIpc) is 3.37. The van der Waals surface area contributed by atoms with Crippen LogP contribution in [-0.4, -0.2) is 38.6 Å². The van der Waals surface area contributed by atoms with Crippen molar-refractivity contribution in [3.05, 3.63) is 77.2 Å². The van der Waals surface area contributed by atoms with Crippen molar-refractivity contribution in [2.45, 2.75) is 23.7 Å². The molecule has 0 radical (unpaired) electrons. The van der Waals surface area contributed by atoms with Crippen LogP contribution < -0.4 is 10.0 Å². The third kappa shape index (κ3) is 5.24. The first-order valence-electron chi connectivity index (χ1n) is 11.8. The molecule has 2 aromatic carbocycles. The smallest absolute Gasteiger partial charge is 0.265 e. The molecule has 0 aliphatic carbocycles. The number of hydrogen-bond donors (Lipinski definition) is 2. The van der Waals surface area contributed by atoms with E-state index in [1.165, 1.54) is 29.5 Å². The van der Waals surface area contributed by atoms with Gasteiger partial charge in [0.15, 0.2) is 5.82 Å². The molecule has 4 aromatic rings. The zero-order valence-electron chi connectivity index (χ0n) is 20.2. The quantitative estimate of drug-likeness (QED) is 0.287. The number of nitrogens with zero attached hydrogens (tertiary/aromatic N) is 2. The molecule has 3 heterocycles. The lowest BCUT2D eigenvalue weighted by molar-refractivity contribution is 0.0853. The molecular weight excluding hydrogens is 537 g/mol. The van der Waals surface area contributed by atoms with Crippen molar-refractivity contribution in [1.29, 1.82) is 0 Å². The summed E-state index contributed by atoms with van der Waals surface area (Å²) in [5.74, 6) is -2.22. The summed E-state index contributed by atoms with van der Waals surface area (Å²) in [4.78, 5) is 8.83. The maximum absolute atomic E-state index is 15.9. The fraction of sp³-hybridized carbons (Fsp3) is 0.231. The Labute approximate surface area is 221 Å². The van der Waals surface area contributed by atoms with Crippen LogP contribution in [0.25, 0.3) is 21.7 Å². The molecule has 1 aliphatic heterocycles. The van der Waals surface area contributed by atoms with E-state index in [1.54, 1.807) is 19.3 Å². The first-order valence-corrected chi connectivity index (χ1v) is 14.1. The van der Waals surface area contributed by atoms with E-state index in [1.807, 2.05) is 6.07 Å². The fourth-order valence-corrected chi connectivity index (χ4v) is 6.61. The van der Waals surface area contributed by atoms with E-state index in [4.69, 9.17) is 9.72 Å². The highest BCUT2D eigenvalue weighted by molar-refractivity contribution is 7.92. The first kappa shape index (κ1) is 26.1. The Kier molecular flexibility index (Phi) is 7.37. The number of ether oxygens (including phenoxy) is 1. The van der Waals surface area contributed by atoms with Crippen molar-refractivity contribution in [3.8, 4) is 21.7 Å². The van der Waals surface area contributed by atoms with Gasteiger partial charge in [0.2, 0.25) is 0 Å². The van der Waals surface area contributed by atoms with E-state index in [-0.39, 0.29) is 11.5 Å². The fourth-order valence-electron chi connectivity index (χ4n) is 4.22. The largest absolute Gasteiger partial charge is 0.381 e. The van der Waals surface area contributed by atoms with E-state index in [9.17, 15) is 17.2 Å². The highest BCUT2D eigenvalue weighted by Gasteiger charge is 2.27. The number of pyridine rings is 1. The standard InChI is InChI=1S/C26H23F3N4O3S2/c1-30-22-13-16(7-10-31-22)25-24(32-26(37-25)15-8-11-36-12-9-15)18-3-2-4-20(23(18)29)33-38(34,35)21-14-17(27)5-6-19(21)28/h2-7,10,13-15,33H,8-9,11-12H2,1H3,(H,30,31). The van der Waals surface area contributed by atoms with Gasteiger partial charge in [-0.1, -0.05) is 6.07 Å². The van der Waals surface area contributed by atoms with Gasteiger partial charge in [-0.15, -0.1) is 11.3 Å². The maximum atomic E-state index is 15.9. The van der Waals surface area contributed by atoms with Gasteiger partial charge in [-0.25, -0.2) is 31.6 Å². The number of benzene rings is 2. The van der Waals surface area contributed by atoms with Gasteiger partial charge < -0.3 is 10.1 Å². The number of halogens is 3. The molecule has 38 heavy (non-hydrogen) atoms. The van der Waals surface area contributed by atoms with Crippen LogP contribution in [0.15, 0.2) is 59.6 Å². The predicted molar refractivity (Wildman–Crippen MR) is 140 cm³/mol. The zero-order valence-corrected chi connectivity index (χ0v) is 21.8. The summed E-state index contributed by atoms with van der Waals surface area (Å²) in [5.41, 5.74) is 0.767. The van der Waals surface area contributed by atoms with Gasteiger partial charge in [-0.05, 0) is 60.9 Å². The zero-order chi connectivity index (χ0) is 26.9. The van der Waals surface area contributed by atoms with Gasteiger partial charge in [0, 0.05) is 37.9 Å². The van der Waals surface area contributed by atoms with Crippen LogP contribution in [0.5, 0.6) is 0 Å². The van der Waals surface area contributed by atoms with Gasteiger partial charge in [0.05, 0.1) is 21.3 Å². The number of anilines is 2. The van der Waals surface area contributed by atoms with Crippen LogP contribution in [0, 0.1) is 17.5 Å². The molecule has 5 rings (SSSR count). The lowest BCUT2D eigenvalue weighted by Crippen LogP contribution is -2.16. The van der Waals surface area contributed by atoms with Gasteiger partial charge in [-0.2, -0.15) is 0 Å². The minimum atomic E-state index is -4.62. The Hall–Kier alpha value is -3.48. The number of hydrogen-bond acceptors (Lipinski definition) is 7. The number of aromatic nitrogens is 2. The second kappa shape index (κ2) is 10.7. The van der Waals surface area contributed by atoms with E-state index in [0.717, 1.165) is 29.5 Å². The van der Waals surface area contributed by atoms with Crippen LogP contribution >= 0.6 is 11.3 Å². The predicted octanol–water partition coefficient (Wildman–Crippen LogP) is 6.03. The summed E-state index contributed by atoms with van der Waals surface area (Å²) < 4.78 is 76.9. The second-order valence-electron chi connectivity index (χ2n) is 8.64. The summed E-state index contributed by atoms with van der Waals surface area (Å²) >= 11 is 1.44. The Morgan fingerprint density at radius 3 is 2.61 bits per heavy atom. The van der Waals surface area contributed by atoms with Crippen molar-refractivity contribution in [3.63, 3.8) is 0 Å². The summed E-state index contributed by atoms with van der Waals surface area (Å²) in [7, 11) is -2.88. The molecule has 0 unspecified atom stereocenters. The number of nitrogens with one attached hydrogen (secondary N) is 2. The van der Waals surface area contributed by atoms with E-state index >= 15 is 4.39 Å². The highest BCUT2D eigenvalue weighted by atomic mass is 32.2. The summed E-state index contributed by atoms with van der Waals surface area (Å²) in [5, 5.41) is 3.81. The summed E-state index contributed by atoms with van der Waals surface area (Å²) in [6.45, 7) is 1.21. The van der Waals surface area contributed by atoms with Crippen LogP contribution in [0.4, 0.5) is 24.7 Å². The Balaban J connectivity index is 1.60. The van der Waals surface area contributed by atoms with Gasteiger partial charge >= 0.3 is 0 Å². The highest BCUT2D eigenvalue weighted by Crippen LogP contribution is 2.43. The van der Waals surface area contributed by atoms with Crippen molar-refractivity contribution in [2.24, 2.45) is 0 Å². The number of rotatable bonds is 7. The van der Waals surface area contributed by atoms with E-state index < -0.39 is 38.1 Å². The molecule has 0 atom stereocenters. The Morgan fingerprint density at radius 1 is 1.05 bits per heavy atom. The van der Waals surface area contributed by atoms with Crippen LogP contribution in [-0.2, 0) is 14.8 Å². The molecule has 0 saturated carbocycles. The van der Waals surface area contributed by atoms with Crippen molar-refractivity contribution in [2.75, 3.05) is 30.3 Å². The lowest BCUT2D eigenvalue weighted by atomic mass is 10.0. The third-order valence-electron chi connectivity index (χ3n) is 6.17. The SMILES string of the molecule is CNc1cc(-c2sc(C3CCOCC3)nc2-c2cccc(NS(=O)(=O)c3cc(F)ccc3F)c2F)ccn1. The van der Waals surface area contributed by atoms with E-state index in [2.05, 4.69) is 15.0 Å².